The highest BCUT2D eigenvalue weighted by Crippen LogP contribution is 2.34. The lowest BCUT2D eigenvalue weighted by atomic mass is 10.0. The Hall–Kier alpha value is -2.30. The third-order valence-electron chi connectivity index (χ3n) is 3.30. The highest BCUT2D eigenvalue weighted by atomic mass is 16.5. The minimum Gasteiger partial charge on any atom is -0.496 e. The molecule has 0 saturated carbocycles. The molecule has 0 unspecified atom stereocenters. The number of benzene rings is 1. The van der Waals surface area contributed by atoms with Crippen LogP contribution in [0.3, 0.4) is 0 Å². The molecule has 0 aliphatic rings. The Kier molecular flexibility index (Phi) is 4.08. The second kappa shape index (κ2) is 5.77. The average Bonchev–Trinajstić information content (AvgIpc) is 2.71. The lowest BCUT2D eigenvalue weighted by Gasteiger charge is -2.09. The van der Waals surface area contributed by atoms with Gasteiger partial charge in [0.05, 0.1) is 25.8 Å². The predicted molar refractivity (Wildman–Crippen MR) is 75.9 cm³/mol. The first-order valence-corrected chi connectivity index (χ1v) is 6.43. The topological polar surface area (TPSA) is 64.4 Å². The number of methoxy groups -OCH3 is 1. The number of carbonyl (C=O) groups is 1. The van der Waals surface area contributed by atoms with E-state index in [-0.39, 0.29) is 6.42 Å². The molecule has 2 aromatic rings. The Morgan fingerprint density at radius 1 is 1.35 bits per heavy atom. The first-order chi connectivity index (χ1) is 9.54. The van der Waals surface area contributed by atoms with Crippen LogP contribution in [0.2, 0.25) is 0 Å². The molecule has 0 aliphatic carbocycles. The predicted octanol–water partition coefficient (Wildman–Crippen LogP) is 2.65. The zero-order valence-corrected chi connectivity index (χ0v) is 11.9. The summed E-state index contributed by atoms with van der Waals surface area (Å²) in [6, 6.07) is 7.76. The van der Waals surface area contributed by atoms with E-state index < -0.39 is 5.97 Å². The van der Waals surface area contributed by atoms with E-state index in [1.807, 2.05) is 38.1 Å². The molecule has 1 aromatic carbocycles. The maximum absolute atomic E-state index is 10.7. The number of nitrogens with zero attached hydrogens (tertiary/aromatic N) is 2. The van der Waals surface area contributed by atoms with Gasteiger partial charge < -0.3 is 9.84 Å². The first-order valence-electron chi connectivity index (χ1n) is 6.43. The molecule has 1 N–H and O–H groups in total. The van der Waals surface area contributed by atoms with Crippen LogP contribution in [-0.2, 0) is 11.3 Å². The van der Waals surface area contributed by atoms with E-state index in [4.69, 9.17) is 9.84 Å². The van der Waals surface area contributed by atoms with Crippen molar-refractivity contribution in [3.05, 3.63) is 35.7 Å². The number of aromatic nitrogens is 2. The van der Waals surface area contributed by atoms with Crippen molar-refractivity contribution in [2.75, 3.05) is 7.11 Å². The Morgan fingerprint density at radius 3 is 2.70 bits per heavy atom. The van der Waals surface area contributed by atoms with Crippen LogP contribution < -0.4 is 4.74 Å². The zero-order valence-electron chi connectivity index (χ0n) is 11.9. The molecule has 0 spiro atoms. The summed E-state index contributed by atoms with van der Waals surface area (Å²) in [5, 5.41) is 13.2. The highest BCUT2D eigenvalue weighted by Gasteiger charge is 2.16. The normalized spacial score (nSPS) is 10.6. The quantitative estimate of drug-likeness (QED) is 0.910. The average molecular weight is 274 g/mol. The number of hydrogen-bond acceptors (Lipinski definition) is 3. The number of para-hydroxylation sites is 1. The number of ether oxygens (including phenoxy) is 1. The van der Waals surface area contributed by atoms with Gasteiger partial charge in [-0.3, -0.25) is 9.48 Å². The molecule has 20 heavy (non-hydrogen) atoms. The van der Waals surface area contributed by atoms with Crippen LogP contribution in [0.5, 0.6) is 5.75 Å². The van der Waals surface area contributed by atoms with E-state index >= 15 is 0 Å². The minimum absolute atomic E-state index is 0.0628. The van der Waals surface area contributed by atoms with Crippen molar-refractivity contribution < 1.29 is 14.6 Å². The van der Waals surface area contributed by atoms with Crippen LogP contribution in [0.4, 0.5) is 0 Å². The number of aliphatic carboxylic acids is 1. The van der Waals surface area contributed by atoms with Gasteiger partial charge in [0, 0.05) is 16.8 Å². The summed E-state index contributed by atoms with van der Waals surface area (Å²) < 4.78 is 7.13. The van der Waals surface area contributed by atoms with Gasteiger partial charge >= 0.3 is 5.97 Å². The molecule has 5 nitrogen and oxygen atoms in total. The summed E-state index contributed by atoms with van der Waals surface area (Å²) in [5.74, 6) is -0.0344. The van der Waals surface area contributed by atoms with Crippen LogP contribution in [0.15, 0.2) is 24.3 Å². The summed E-state index contributed by atoms with van der Waals surface area (Å²) in [6.07, 6.45) is 0.0628. The van der Waals surface area contributed by atoms with Crippen LogP contribution in [0.25, 0.3) is 11.1 Å². The number of carboxylic acid groups (broad SMARTS) is 1. The Bertz CT molecular complexity index is 632. The molecule has 0 bridgehead atoms. The van der Waals surface area contributed by atoms with Crippen LogP contribution >= 0.6 is 0 Å². The molecule has 106 valence electrons. The van der Waals surface area contributed by atoms with Gasteiger partial charge in [0.1, 0.15) is 5.75 Å². The van der Waals surface area contributed by atoms with Crippen molar-refractivity contribution >= 4 is 5.97 Å². The Balaban J connectivity index is 2.44. The molecule has 0 aliphatic heterocycles. The summed E-state index contributed by atoms with van der Waals surface area (Å²) >= 11 is 0. The molecule has 1 heterocycles. The lowest BCUT2D eigenvalue weighted by molar-refractivity contribution is -0.137. The first kappa shape index (κ1) is 14.1. The standard InChI is InChI=1S/C15H18N2O3/c1-10-15(12-6-4-5-7-13(12)20-3)11(2)17(16-10)9-8-14(18)19/h4-7H,8-9H2,1-3H3,(H,18,19). The van der Waals surface area contributed by atoms with Gasteiger partial charge in [0.15, 0.2) is 0 Å². The van der Waals surface area contributed by atoms with Gasteiger partial charge in [-0.2, -0.15) is 5.10 Å². The van der Waals surface area contributed by atoms with E-state index in [0.29, 0.717) is 6.54 Å². The van der Waals surface area contributed by atoms with E-state index in [2.05, 4.69) is 5.10 Å². The summed E-state index contributed by atoms with van der Waals surface area (Å²) in [5.41, 5.74) is 3.81. The third kappa shape index (κ3) is 2.66. The second-order valence-corrected chi connectivity index (χ2v) is 4.61. The molecular formula is C15H18N2O3. The number of rotatable bonds is 5. The molecule has 0 fully saturated rings. The molecule has 0 saturated heterocycles. The number of carboxylic acids is 1. The SMILES string of the molecule is COc1ccccc1-c1c(C)nn(CCC(=O)O)c1C. The van der Waals surface area contributed by atoms with Gasteiger partial charge in [-0.1, -0.05) is 18.2 Å². The fourth-order valence-electron chi connectivity index (χ4n) is 2.36. The minimum atomic E-state index is -0.823. The van der Waals surface area contributed by atoms with E-state index in [1.54, 1.807) is 11.8 Å². The van der Waals surface area contributed by atoms with Crippen LogP contribution in [0, 0.1) is 13.8 Å². The molecule has 5 heteroatoms. The van der Waals surface area contributed by atoms with Crippen LogP contribution in [0.1, 0.15) is 17.8 Å². The molecule has 0 amide bonds. The molecular weight excluding hydrogens is 256 g/mol. The van der Waals surface area contributed by atoms with Crippen molar-refractivity contribution in [1.29, 1.82) is 0 Å². The zero-order chi connectivity index (χ0) is 14.7. The molecule has 0 atom stereocenters. The smallest absolute Gasteiger partial charge is 0.305 e. The molecule has 2 rings (SSSR count). The maximum Gasteiger partial charge on any atom is 0.305 e. The maximum atomic E-state index is 10.7. The van der Waals surface area contributed by atoms with Crippen molar-refractivity contribution in [3.63, 3.8) is 0 Å². The van der Waals surface area contributed by atoms with Crippen molar-refractivity contribution in [2.24, 2.45) is 0 Å². The van der Waals surface area contributed by atoms with Crippen molar-refractivity contribution in [3.8, 4) is 16.9 Å². The Morgan fingerprint density at radius 2 is 2.05 bits per heavy atom. The van der Waals surface area contributed by atoms with E-state index in [1.165, 1.54) is 0 Å². The van der Waals surface area contributed by atoms with Gasteiger partial charge in [-0.05, 0) is 19.9 Å². The lowest BCUT2D eigenvalue weighted by Crippen LogP contribution is -2.07. The highest BCUT2D eigenvalue weighted by molar-refractivity contribution is 5.74. The van der Waals surface area contributed by atoms with E-state index in [9.17, 15) is 4.79 Å². The summed E-state index contributed by atoms with van der Waals surface area (Å²) in [6.45, 7) is 4.24. The second-order valence-electron chi connectivity index (χ2n) is 4.61. The fourth-order valence-corrected chi connectivity index (χ4v) is 2.36. The Labute approximate surface area is 117 Å². The van der Waals surface area contributed by atoms with Gasteiger partial charge in [-0.15, -0.1) is 0 Å². The van der Waals surface area contributed by atoms with Gasteiger partial charge in [0.25, 0.3) is 0 Å². The van der Waals surface area contributed by atoms with Crippen molar-refractivity contribution in [2.45, 2.75) is 26.8 Å². The van der Waals surface area contributed by atoms with Gasteiger partial charge in [-0.25, -0.2) is 0 Å². The monoisotopic (exact) mass is 274 g/mol. The van der Waals surface area contributed by atoms with Crippen LogP contribution in [-0.4, -0.2) is 28.0 Å². The molecule has 1 aromatic heterocycles. The van der Waals surface area contributed by atoms with Crippen molar-refractivity contribution in [1.82, 2.24) is 9.78 Å². The third-order valence-corrected chi connectivity index (χ3v) is 3.30. The van der Waals surface area contributed by atoms with E-state index in [0.717, 1.165) is 28.3 Å². The fraction of sp³-hybridized carbons (Fsp3) is 0.333. The summed E-state index contributed by atoms with van der Waals surface area (Å²) in [7, 11) is 1.64. The largest absolute Gasteiger partial charge is 0.496 e. The van der Waals surface area contributed by atoms with Gasteiger partial charge in [0.2, 0.25) is 0 Å². The summed E-state index contributed by atoms with van der Waals surface area (Å²) in [4.78, 5) is 10.7. The number of hydrogen-bond donors (Lipinski definition) is 1. The number of aryl methyl sites for hydroxylation is 2. The molecule has 0 radical (unpaired) electrons.